The molecule has 0 heterocycles. The van der Waals surface area contributed by atoms with Crippen molar-refractivity contribution in [3.8, 4) is 0 Å². The summed E-state index contributed by atoms with van der Waals surface area (Å²) in [5.41, 5.74) is -0.142. The maximum Gasteiger partial charge on any atom is 0.0611 e. The van der Waals surface area contributed by atoms with Crippen LogP contribution in [0.3, 0.4) is 0 Å². The van der Waals surface area contributed by atoms with Crippen LogP contribution in [-0.2, 0) is 0 Å². The van der Waals surface area contributed by atoms with Gasteiger partial charge in [0.05, 0.1) is 6.61 Å². The van der Waals surface area contributed by atoms with Crippen molar-refractivity contribution in [2.45, 2.75) is 76.9 Å². The van der Waals surface area contributed by atoms with Gasteiger partial charge in [0.25, 0.3) is 0 Å². The number of nitrogens with one attached hydrogen (secondary N) is 1. The zero-order valence-corrected chi connectivity index (χ0v) is 12.7. The van der Waals surface area contributed by atoms with Crippen LogP contribution in [0.4, 0.5) is 0 Å². The maximum atomic E-state index is 9.58. The molecule has 1 fully saturated rings. The van der Waals surface area contributed by atoms with Crippen LogP contribution in [-0.4, -0.2) is 47.8 Å². The monoisotopic (exact) mass is 256 g/mol. The third-order valence-electron chi connectivity index (χ3n) is 4.54. The van der Waals surface area contributed by atoms with E-state index >= 15 is 0 Å². The molecule has 0 aromatic heterocycles. The molecular weight excluding hydrogens is 224 g/mol. The highest BCUT2D eigenvalue weighted by Crippen LogP contribution is 2.25. The molecule has 1 aliphatic carbocycles. The second-order valence-corrected chi connectivity index (χ2v) is 6.26. The summed E-state index contributed by atoms with van der Waals surface area (Å²) < 4.78 is 0. The normalized spacial score (nSPS) is 23.0. The fourth-order valence-electron chi connectivity index (χ4n) is 3.26. The Morgan fingerprint density at radius 2 is 1.94 bits per heavy atom. The van der Waals surface area contributed by atoms with Crippen LogP contribution in [0.1, 0.15) is 59.3 Å². The first-order chi connectivity index (χ1) is 8.52. The van der Waals surface area contributed by atoms with Gasteiger partial charge in [0.2, 0.25) is 0 Å². The molecule has 108 valence electrons. The van der Waals surface area contributed by atoms with Crippen molar-refractivity contribution in [3.05, 3.63) is 0 Å². The topological polar surface area (TPSA) is 35.5 Å². The molecule has 2 unspecified atom stereocenters. The molecule has 0 aromatic rings. The molecule has 1 aliphatic rings. The summed E-state index contributed by atoms with van der Waals surface area (Å²) in [7, 11) is 2.25. The molecule has 0 saturated heterocycles. The highest BCUT2D eigenvalue weighted by molar-refractivity contribution is 4.88. The minimum atomic E-state index is -0.142. The van der Waals surface area contributed by atoms with Crippen LogP contribution in [0, 0.1) is 0 Å². The second kappa shape index (κ2) is 7.46. The highest BCUT2D eigenvalue weighted by Gasteiger charge is 2.29. The van der Waals surface area contributed by atoms with Gasteiger partial charge in [-0.25, -0.2) is 0 Å². The molecule has 0 amide bonds. The standard InChI is InChI=1S/C15H32N2O/c1-5-16-15(3,12-18)11-13(2)17(4)14-9-7-6-8-10-14/h13-14,16,18H,5-12H2,1-4H3. The van der Waals surface area contributed by atoms with Crippen molar-refractivity contribution in [2.24, 2.45) is 0 Å². The lowest BCUT2D eigenvalue weighted by Gasteiger charge is -2.40. The van der Waals surface area contributed by atoms with Gasteiger partial charge in [-0.3, -0.25) is 0 Å². The first-order valence-electron chi connectivity index (χ1n) is 7.60. The van der Waals surface area contributed by atoms with Crippen LogP contribution in [0.2, 0.25) is 0 Å². The Kier molecular flexibility index (Phi) is 6.61. The summed E-state index contributed by atoms with van der Waals surface area (Å²) in [5.74, 6) is 0. The predicted octanol–water partition coefficient (Wildman–Crippen LogP) is 2.39. The van der Waals surface area contributed by atoms with E-state index in [1.165, 1.54) is 32.1 Å². The van der Waals surface area contributed by atoms with Gasteiger partial charge in [-0.2, -0.15) is 0 Å². The van der Waals surface area contributed by atoms with E-state index in [4.69, 9.17) is 0 Å². The Hall–Kier alpha value is -0.120. The van der Waals surface area contributed by atoms with Gasteiger partial charge in [-0.15, -0.1) is 0 Å². The lowest BCUT2D eigenvalue weighted by Crippen LogP contribution is -2.51. The van der Waals surface area contributed by atoms with Crippen molar-refractivity contribution in [3.63, 3.8) is 0 Å². The smallest absolute Gasteiger partial charge is 0.0611 e. The average Bonchev–Trinajstić information content (AvgIpc) is 2.39. The number of aliphatic hydroxyl groups is 1. The van der Waals surface area contributed by atoms with E-state index in [9.17, 15) is 5.11 Å². The number of likely N-dealkylation sites (N-methyl/N-ethyl adjacent to an activating group) is 1. The Labute approximate surface area is 113 Å². The third-order valence-corrected chi connectivity index (χ3v) is 4.54. The van der Waals surface area contributed by atoms with Gasteiger partial charge < -0.3 is 15.3 Å². The summed E-state index contributed by atoms with van der Waals surface area (Å²) in [5, 5.41) is 13.0. The minimum absolute atomic E-state index is 0.142. The molecule has 0 radical (unpaired) electrons. The average molecular weight is 256 g/mol. The van der Waals surface area contributed by atoms with E-state index in [0.29, 0.717) is 6.04 Å². The zero-order chi connectivity index (χ0) is 13.6. The maximum absolute atomic E-state index is 9.58. The van der Waals surface area contributed by atoms with Crippen molar-refractivity contribution in [1.29, 1.82) is 0 Å². The molecule has 3 nitrogen and oxygen atoms in total. The van der Waals surface area contributed by atoms with Crippen molar-refractivity contribution in [2.75, 3.05) is 20.2 Å². The summed E-state index contributed by atoms with van der Waals surface area (Å²) in [6.45, 7) is 7.64. The fourth-order valence-corrected chi connectivity index (χ4v) is 3.26. The Morgan fingerprint density at radius 3 is 2.44 bits per heavy atom. The summed E-state index contributed by atoms with van der Waals surface area (Å²) in [4.78, 5) is 2.53. The van der Waals surface area contributed by atoms with E-state index in [1.54, 1.807) is 0 Å². The second-order valence-electron chi connectivity index (χ2n) is 6.26. The van der Waals surface area contributed by atoms with E-state index < -0.39 is 0 Å². The molecule has 2 N–H and O–H groups in total. The van der Waals surface area contributed by atoms with E-state index in [2.05, 4.69) is 38.0 Å². The molecule has 18 heavy (non-hydrogen) atoms. The lowest BCUT2D eigenvalue weighted by atomic mass is 9.90. The van der Waals surface area contributed by atoms with Gasteiger partial charge in [0.15, 0.2) is 0 Å². The molecule has 1 rings (SSSR count). The largest absolute Gasteiger partial charge is 0.394 e. The number of aliphatic hydroxyl groups excluding tert-OH is 1. The number of hydrogen-bond donors (Lipinski definition) is 2. The highest BCUT2D eigenvalue weighted by atomic mass is 16.3. The molecule has 0 bridgehead atoms. The van der Waals surface area contributed by atoms with Crippen LogP contribution in [0.15, 0.2) is 0 Å². The third kappa shape index (κ3) is 4.52. The summed E-state index contributed by atoms with van der Waals surface area (Å²) >= 11 is 0. The summed E-state index contributed by atoms with van der Waals surface area (Å²) in [6.07, 6.45) is 7.86. The quantitative estimate of drug-likeness (QED) is 0.734. The lowest BCUT2D eigenvalue weighted by molar-refractivity contribution is 0.0930. The predicted molar refractivity (Wildman–Crippen MR) is 77.9 cm³/mol. The van der Waals surface area contributed by atoms with Gasteiger partial charge in [-0.1, -0.05) is 26.2 Å². The van der Waals surface area contributed by atoms with Gasteiger partial charge in [-0.05, 0) is 46.7 Å². The van der Waals surface area contributed by atoms with Crippen molar-refractivity contribution >= 4 is 0 Å². The SMILES string of the molecule is CCNC(C)(CO)CC(C)N(C)C1CCCCC1. The van der Waals surface area contributed by atoms with Gasteiger partial charge >= 0.3 is 0 Å². The van der Waals surface area contributed by atoms with Gasteiger partial charge in [0.1, 0.15) is 0 Å². The molecule has 2 atom stereocenters. The van der Waals surface area contributed by atoms with Crippen LogP contribution >= 0.6 is 0 Å². The van der Waals surface area contributed by atoms with Crippen molar-refractivity contribution < 1.29 is 5.11 Å². The Bertz CT molecular complexity index is 229. The van der Waals surface area contributed by atoms with Crippen LogP contribution < -0.4 is 5.32 Å². The molecule has 0 aromatic carbocycles. The number of rotatable bonds is 7. The van der Waals surface area contributed by atoms with Gasteiger partial charge in [0, 0.05) is 17.6 Å². The van der Waals surface area contributed by atoms with Crippen LogP contribution in [0.5, 0.6) is 0 Å². The number of nitrogens with zero attached hydrogens (tertiary/aromatic N) is 1. The zero-order valence-electron chi connectivity index (χ0n) is 12.7. The fraction of sp³-hybridized carbons (Fsp3) is 1.00. The Morgan fingerprint density at radius 1 is 1.33 bits per heavy atom. The first kappa shape index (κ1) is 15.9. The minimum Gasteiger partial charge on any atom is -0.394 e. The molecule has 0 spiro atoms. The van der Waals surface area contributed by atoms with Crippen LogP contribution in [0.25, 0.3) is 0 Å². The first-order valence-corrected chi connectivity index (χ1v) is 7.60. The summed E-state index contributed by atoms with van der Waals surface area (Å²) in [6, 6.07) is 1.27. The Balaban J connectivity index is 2.49. The molecular formula is C15H32N2O. The van der Waals surface area contributed by atoms with Crippen molar-refractivity contribution in [1.82, 2.24) is 10.2 Å². The molecule has 3 heteroatoms. The van der Waals surface area contributed by atoms with E-state index in [-0.39, 0.29) is 12.1 Å². The molecule has 0 aliphatic heterocycles. The number of hydrogen-bond acceptors (Lipinski definition) is 3. The molecule has 1 saturated carbocycles. The van der Waals surface area contributed by atoms with E-state index in [1.807, 2.05) is 0 Å². The van der Waals surface area contributed by atoms with E-state index in [0.717, 1.165) is 19.0 Å².